The van der Waals surface area contributed by atoms with E-state index in [1.165, 1.54) is 38.5 Å². The van der Waals surface area contributed by atoms with Gasteiger partial charge in [-0.3, -0.25) is 4.98 Å². The minimum atomic E-state index is 0.418. The predicted molar refractivity (Wildman–Crippen MR) is 56.4 cm³/mol. The lowest BCUT2D eigenvalue weighted by Gasteiger charge is -2.16. The zero-order valence-electron chi connectivity index (χ0n) is 8.48. The third-order valence-corrected chi connectivity index (χ3v) is 2.74. The Bertz CT molecular complexity index is 252. The summed E-state index contributed by atoms with van der Waals surface area (Å²) in [6.07, 6.45) is 11.8. The minimum Gasteiger partial charge on any atom is -0.489 e. The second kappa shape index (κ2) is 4.99. The largest absolute Gasteiger partial charge is 0.489 e. The number of rotatable bonds is 2. The van der Waals surface area contributed by atoms with E-state index in [0.717, 1.165) is 5.75 Å². The van der Waals surface area contributed by atoms with Crippen LogP contribution in [0, 0.1) is 0 Å². The third kappa shape index (κ3) is 2.72. The molecule has 0 spiro atoms. The molecule has 0 atom stereocenters. The summed E-state index contributed by atoms with van der Waals surface area (Å²) in [6.45, 7) is 0. The lowest BCUT2D eigenvalue weighted by atomic mass is 10.1. The van der Waals surface area contributed by atoms with Crippen LogP contribution in [0.4, 0.5) is 0 Å². The van der Waals surface area contributed by atoms with Gasteiger partial charge in [-0.25, -0.2) is 0 Å². The first kappa shape index (κ1) is 9.50. The van der Waals surface area contributed by atoms with Gasteiger partial charge in [-0.2, -0.15) is 0 Å². The van der Waals surface area contributed by atoms with Crippen LogP contribution in [0.15, 0.2) is 24.5 Å². The van der Waals surface area contributed by atoms with Crippen molar-refractivity contribution in [2.45, 2.75) is 44.6 Å². The Labute approximate surface area is 85.3 Å². The first-order valence-electron chi connectivity index (χ1n) is 5.52. The van der Waals surface area contributed by atoms with E-state index in [4.69, 9.17) is 4.74 Å². The summed E-state index contributed by atoms with van der Waals surface area (Å²) in [5, 5.41) is 0. The van der Waals surface area contributed by atoms with Gasteiger partial charge in [0.2, 0.25) is 0 Å². The van der Waals surface area contributed by atoms with E-state index in [2.05, 4.69) is 4.98 Å². The van der Waals surface area contributed by atoms with Gasteiger partial charge in [-0.15, -0.1) is 0 Å². The highest BCUT2D eigenvalue weighted by atomic mass is 16.5. The van der Waals surface area contributed by atoms with Gasteiger partial charge in [0.1, 0.15) is 5.75 Å². The Balaban J connectivity index is 1.90. The molecule has 1 aliphatic carbocycles. The first-order valence-corrected chi connectivity index (χ1v) is 5.52. The van der Waals surface area contributed by atoms with Gasteiger partial charge in [-0.1, -0.05) is 12.8 Å². The molecule has 1 fully saturated rings. The third-order valence-electron chi connectivity index (χ3n) is 2.74. The van der Waals surface area contributed by atoms with Crippen molar-refractivity contribution in [2.24, 2.45) is 0 Å². The average Bonchev–Trinajstić information content (AvgIpc) is 2.48. The maximum atomic E-state index is 5.87. The number of aromatic nitrogens is 1. The number of hydrogen-bond donors (Lipinski definition) is 0. The fourth-order valence-electron chi connectivity index (χ4n) is 1.97. The fourth-order valence-corrected chi connectivity index (χ4v) is 1.97. The zero-order valence-corrected chi connectivity index (χ0v) is 8.48. The van der Waals surface area contributed by atoms with Crippen LogP contribution in [-0.4, -0.2) is 11.1 Å². The molecule has 0 radical (unpaired) electrons. The molecule has 2 rings (SSSR count). The highest BCUT2D eigenvalue weighted by Crippen LogP contribution is 2.21. The van der Waals surface area contributed by atoms with Crippen LogP contribution < -0.4 is 4.74 Å². The standard InChI is InChI=1S/C12H17NO/c1-2-4-7-11(6-3-1)14-12-8-5-9-13-10-12/h5,8-11H,1-4,6-7H2. The van der Waals surface area contributed by atoms with E-state index in [1.807, 2.05) is 12.1 Å². The summed E-state index contributed by atoms with van der Waals surface area (Å²) in [5.41, 5.74) is 0. The predicted octanol–water partition coefficient (Wildman–Crippen LogP) is 3.18. The van der Waals surface area contributed by atoms with E-state index in [0.29, 0.717) is 6.10 Å². The monoisotopic (exact) mass is 191 g/mol. The van der Waals surface area contributed by atoms with Gasteiger partial charge in [0.15, 0.2) is 0 Å². The topological polar surface area (TPSA) is 22.1 Å². The second-order valence-corrected chi connectivity index (χ2v) is 3.92. The normalized spacial score (nSPS) is 18.9. The smallest absolute Gasteiger partial charge is 0.137 e. The van der Waals surface area contributed by atoms with Crippen LogP contribution in [0.5, 0.6) is 5.75 Å². The van der Waals surface area contributed by atoms with Crippen molar-refractivity contribution in [1.82, 2.24) is 4.98 Å². The SMILES string of the molecule is c1cncc(OC2CCCCCC2)c1. The second-order valence-electron chi connectivity index (χ2n) is 3.92. The fraction of sp³-hybridized carbons (Fsp3) is 0.583. The molecule has 2 heteroatoms. The van der Waals surface area contributed by atoms with Gasteiger partial charge >= 0.3 is 0 Å². The van der Waals surface area contributed by atoms with Gasteiger partial charge in [0, 0.05) is 6.20 Å². The van der Waals surface area contributed by atoms with Crippen molar-refractivity contribution in [2.75, 3.05) is 0 Å². The van der Waals surface area contributed by atoms with Crippen LogP contribution in [0.2, 0.25) is 0 Å². The van der Waals surface area contributed by atoms with E-state index >= 15 is 0 Å². The Kier molecular flexibility index (Phi) is 3.39. The minimum absolute atomic E-state index is 0.418. The Morgan fingerprint density at radius 3 is 2.57 bits per heavy atom. The molecule has 0 unspecified atom stereocenters. The number of ether oxygens (including phenoxy) is 1. The van der Waals surface area contributed by atoms with Crippen LogP contribution in [0.25, 0.3) is 0 Å². The molecule has 1 aromatic heterocycles. The maximum Gasteiger partial charge on any atom is 0.137 e. The van der Waals surface area contributed by atoms with Crippen LogP contribution >= 0.6 is 0 Å². The van der Waals surface area contributed by atoms with Crippen LogP contribution in [0.1, 0.15) is 38.5 Å². The van der Waals surface area contributed by atoms with Gasteiger partial charge in [0.05, 0.1) is 12.3 Å². The van der Waals surface area contributed by atoms with Crippen molar-refractivity contribution in [1.29, 1.82) is 0 Å². The van der Waals surface area contributed by atoms with E-state index in [9.17, 15) is 0 Å². The van der Waals surface area contributed by atoms with Crippen molar-refractivity contribution in [3.05, 3.63) is 24.5 Å². The Hall–Kier alpha value is -1.05. The molecule has 1 saturated carbocycles. The molecule has 0 bridgehead atoms. The molecule has 0 aliphatic heterocycles. The molecule has 0 N–H and O–H groups in total. The van der Waals surface area contributed by atoms with Crippen molar-refractivity contribution < 1.29 is 4.74 Å². The lowest BCUT2D eigenvalue weighted by molar-refractivity contribution is 0.183. The molecule has 0 saturated heterocycles. The maximum absolute atomic E-state index is 5.87. The van der Waals surface area contributed by atoms with Crippen LogP contribution in [0.3, 0.4) is 0 Å². The molecule has 1 aliphatic rings. The van der Waals surface area contributed by atoms with Gasteiger partial charge < -0.3 is 4.74 Å². The number of nitrogens with zero attached hydrogens (tertiary/aromatic N) is 1. The van der Waals surface area contributed by atoms with E-state index < -0.39 is 0 Å². The molecular formula is C12H17NO. The summed E-state index contributed by atoms with van der Waals surface area (Å²) in [6, 6.07) is 3.91. The molecule has 0 amide bonds. The Morgan fingerprint density at radius 2 is 1.93 bits per heavy atom. The molecule has 0 aromatic carbocycles. The van der Waals surface area contributed by atoms with Crippen LogP contribution in [-0.2, 0) is 0 Å². The Morgan fingerprint density at radius 1 is 1.14 bits per heavy atom. The van der Waals surface area contributed by atoms with Gasteiger partial charge in [0.25, 0.3) is 0 Å². The highest BCUT2D eigenvalue weighted by molar-refractivity contribution is 5.15. The zero-order chi connectivity index (χ0) is 9.64. The van der Waals surface area contributed by atoms with E-state index in [1.54, 1.807) is 12.4 Å². The van der Waals surface area contributed by atoms with E-state index in [-0.39, 0.29) is 0 Å². The van der Waals surface area contributed by atoms with Crippen molar-refractivity contribution in [3.8, 4) is 5.75 Å². The molecule has 2 nitrogen and oxygen atoms in total. The lowest BCUT2D eigenvalue weighted by Crippen LogP contribution is -2.14. The number of pyridine rings is 1. The quantitative estimate of drug-likeness (QED) is 0.670. The van der Waals surface area contributed by atoms with Crippen molar-refractivity contribution in [3.63, 3.8) is 0 Å². The molecule has 14 heavy (non-hydrogen) atoms. The molecule has 76 valence electrons. The number of hydrogen-bond acceptors (Lipinski definition) is 2. The summed E-state index contributed by atoms with van der Waals surface area (Å²) in [7, 11) is 0. The summed E-state index contributed by atoms with van der Waals surface area (Å²) in [4.78, 5) is 4.05. The summed E-state index contributed by atoms with van der Waals surface area (Å²) < 4.78 is 5.87. The summed E-state index contributed by atoms with van der Waals surface area (Å²) in [5.74, 6) is 0.916. The highest BCUT2D eigenvalue weighted by Gasteiger charge is 2.13. The van der Waals surface area contributed by atoms with Gasteiger partial charge in [-0.05, 0) is 37.8 Å². The molecule has 1 heterocycles. The van der Waals surface area contributed by atoms with Crippen molar-refractivity contribution >= 4 is 0 Å². The molecular weight excluding hydrogens is 174 g/mol. The molecule has 1 aromatic rings. The average molecular weight is 191 g/mol. The summed E-state index contributed by atoms with van der Waals surface area (Å²) >= 11 is 0. The first-order chi connectivity index (χ1) is 6.95.